The molecule has 1 N–H and O–H groups in total. The van der Waals surface area contributed by atoms with Crippen molar-refractivity contribution < 1.29 is 4.42 Å². The van der Waals surface area contributed by atoms with E-state index in [2.05, 4.69) is 41.2 Å². The summed E-state index contributed by atoms with van der Waals surface area (Å²) in [6.45, 7) is 7.25. The van der Waals surface area contributed by atoms with Gasteiger partial charge in [-0.2, -0.15) is 5.10 Å². The van der Waals surface area contributed by atoms with Crippen LogP contribution in [-0.4, -0.2) is 31.7 Å². The molecule has 0 unspecified atom stereocenters. The molecule has 110 valence electrons. The Morgan fingerprint density at radius 2 is 2.10 bits per heavy atom. The van der Waals surface area contributed by atoms with Gasteiger partial charge < -0.3 is 9.73 Å². The van der Waals surface area contributed by atoms with Gasteiger partial charge in [0, 0.05) is 30.9 Å². The van der Waals surface area contributed by atoms with Crippen molar-refractivity contribution in [3.63, 3.8) is 0 Å². The van der Waals surface area contributed by atoms with Gasteiger partial charge in [0.15, 0.2) is 11.7 Å². The maximum Gasteiger partial charge on any atom is 0.196 e. The van der Waals surface area contributed by atoms with E-state index in [0.29, 0.717) is 0 Å². The Hall–Kier alpha value is -2.21. The maximum atomic E-state index is 5.82. The quantitative estimate of drug-likeness (QED) is 0.796. The summed E-state index contributed by atoms with van der Waals surface area (Å²) < 4.78 is 7.59. The van der Waals surface area contributed by atoms with Crippen LogP contribution in [0.15, 0.2) is 35.4 Å². The van der Waals surface area contributed by atoms with Crippen LogP contribution in [0.2, 0.25) is 0 Å². The number of rotatable bonds is 4. The highest BCUT2D eigenvalue weighted by Crippen LogP contribution is 2.24. The number of fused-ring (bicyclic) bond motifs is 1. The molecule has 0 aromatic carbocycles. The molecule has 0 aliphatic carbocycles. The fourth-order valence-electron chi connectivity index (χ4n) is 2.12. The molecule has 0 amide bonds. The molecule has 21 heavy (non-hydrogen) atoms. The summed E-state index contributed by atoms with van der Waals surface area (Å²) in [4.78, 5) is 8.46. The van der Waals surface area contributed by atoms with Crippen molar-refractivity contribution in [2.45, 2.75) is 32.7 Å². The Kier molecular flexibility index (Phi) is 3.47. The van der Waals surface area contributed by atoms with Gasteiger partial charge in [-0.3, -0.25) is 4.98 Å². The molecule has 3 rings (SSSR count). The van der Waals surface area contributed by atoms with Crippen molar-refractivity contribution in [2.75, 3.05) is 6.54 Å². The minimum Gasteiger partial charge on any atom is -0.441 e. The first-order chi connectivity index (χ1) is 10.0. The second kappa shape index (κ2) is 5.29. The van der Waals surface area contributed by atoms with E-state index < -0.39 is 0 Å². The fraction of sp³-hybridized carbons (Fsp3) is 0.400. The van der Waals surface area contributed by atoms with Gasteiger partial charge in [0.2, 0.25) is 0 Å². The minimum absolute atomic E-state index is 0.101. The van der Waals surface area contributed by atoms with Gasteiger partial charge in [0.1, 0.15) is 0 Å². The Balaban J connectivity index is 1.76. The third-order valence-electron chi connectivity index (χ3n) is 3.14. The molecule has 6 nitrogen and oxygen atoms in total. The lowest BCUT2D eigenvalue weighted by Crippen LogP contribution is -2.37. The van der Waals surface area contributed by atoms with Gasteiger partial charge in [0.05, 0.1) is 29.7 Å². The number of nitrogens with one attached hydrogen (secondary N) is 1. The Morgan fingerprint density at radius 3 is 2.90 bits per heavy atom. The summed E-state index contributed by atoms with van der Waals surface area (Å²) in [6.07, 6.45) is 9.56. The fourth-order valence-corrected chi connectivity index (χ4v) is 2.12. The summed E-state index contributed by atoms with van der Waals surface area (Å²) in [5, 5.41) is 7.69. The predicted molar refractivity (Wildman–Crippen MR) is 79.9 cm³/mol. The second-order valence-corrected chi connectivity index (χ2v) is 6.01. The standard InChI is InChI=1S/C15H19N5O/c1-15(2,3)18-5-4-14-17-10-13(21-14)11-8-19-20-7-6-16-9-12(11)20/h6-10,18H,4-5H2,1-3H3. The van der Waals surface area contributed by atoms with Crippen LogP contribution in [0.25, 0.3) is 16.8 Å². The van der Waals surface area contributed by atoms with Gasteiger partial charge in [-0.05, 0) is 20.8 Å². The minimum atomic E-state index is 0.101. The molecule has 0 saturated heterocycles. The van der Waals surface area contributed by atoms with E-state index in [1.54, 1.807) is 29.3 Å². The lowest BCUT2D eigenvalue weighted by Gasteiger charge is -2.19. The van der Waals surface area contributed by atoms with E-state index in [0.717, 1.165) is 35.7 Å². The van der Waals surface area contributed by atoms with Crippen LogP contribution in [0, 0.1) is 0 Å². The molecular formula is C15H19N5O. The molecule has 0 spiro atoms. The van der Waals surface area contributed by atoms with Crippen LogP contribution < -0.4 is 5.32 Å². The van der Waals surface area contributed by atoms with Gasteiger partial charge >= 0.3 is 0 Å². The first-order valence-corrected chi connectivity index (χ1v) is 7.00. The molecule has 0 aliphatic rings. The predicted octanol–water partition coefficient (Wildman–Crippen LogP) is 2.31. The molecule has 3 aromatic heterocycles. The SMILES string of the molecule is CC(C)(C)NCCc1ncc(-c2cnn3ccncc23)o1. The Bertz CT molecular complexity index is 738. The first-order valence-electron chi connectivity index (χ1n) is 7.00. The van der Waals surface area contributed by atoms with E-state index in [1.165, 1.54) is 0 Å². The first kappa shape index (κ1) is 13.8. The van der Waals surface area contributed by atoms with Crippen LogP contribution in [-0.2, 0) is 6.42 Å². The van der Waals surface area contributed by atoms with Crippen LogP contribution in [0.1, 0.15) is 26.7 Å². The monoisotopic (exact) mass is 285 g/mol. The molecule has 0 aliphatic heterocycles. The summed E-state index contributed by atoms with van der Waals surface area (Å²) in [7, 11) is 0. The lowest BCUT2D eigenvalue weighted by molar-refractivity contribution is 0.412. The highest BCUT2D eigenvalue weighted by molar-refractivity contribution is 5.75. The highest BCUT2D eigenvalue weighted by atomic mass is 16.4. The smallest absolute Gasteiger partial charge is 0.196 e. The van der Waals surface area contributed by atoms with Crippen molar-refractivity contribution in [3.8, 4) is 11.3 Å². The topological polar surface area (TPSA) is 68.2 Å². The molecule has 6 heteroatoms. The zero-order chi connectivity index (χ0) is 14.9. The van der Waals surface area contributed by atoms with Crippen LogP contribution in [0.3, 0.4) is 0 Å². The van der Waals surface area contributed by atoms with Gasteiger partial charge in [-0.25, -0.2) is 9.50 Å². The normalized spacial score (nSPS) is 12.1. The van der Waals surface area contributed by atoms with Crippen LogP contribution in [0.5, 0.6) is 0 Å². The van der Waals surface area contributed by atoms with Crippen molar-refractivity contribution in [1.29, 1.82) is 0 Å². The summed E-state index contributed by atoms with van der Waals surface area (Å²) in [6, 6.07) is 0. The number of nitrogens with zero attached hydrogens (tertiary/aromatic N) is 4. The van der Waals surface area contributed by atoms with Crippen molar-refractivity contribution in [1.82, 2.24) is 24.9 Å². The van der Waals surface area contributed by atoms with Crippen LogP contribution in [0.4, 0.5) is 0 Å². The number of hydrogen-bond donors (Lipinski definition) is 1. The highest BCUT2D eigenvalue weighted by Gasteiger charge is 2.13. The molecule has 0 fully saturated rings. The third-order valence-corrected chi connectivity index (χ3v) is 3.14. The molecule has 0 atom stereocenters. The summed E-state index contributed by atoms with van der Waals surface area (Å²) in [5.41, 5.74) is 1.92. The van der Waals surface area contributed by atoms with Crippen molar-refractivity contribution in [3.05, 3.63) is 36.9 Å². The zero-order valence-electron chi connectivity index (χ0n) is 12.5. The Morgan fingerprint density at radius 1 is 1.24 bits per heavy atom. The summed E-state index contributed by atoms with van der Waals surface area (Å²) in [5.74, 6) is 1.45. The van der Waals surface area contributed by atoms with Crippen LogP contribution >= 0.6 is 0 Å². The number of oxazole rings is 1. The van der Waals surface area contributed by atoms with E-state index in [1.807, 2.05) is 6.20 Å². The van der Waals surface area contributed by atoms with E-state index in [4.69, 9.17) is 4.42 Å². The summed E-state index contributed by atoms with van der Waals surface area (Å²) >= 11 is 0. The maximum absolute atomic E-state index is 5.82. The molecule has 0 bridgehead atoms. The average Bonchev–Trinajstić information content (AvgIpc) is 3.03. The average molecular weight is 285 g/mol. The van der Waals surface area contributed by atoms with Gasteiger partial charge in [-0.15, -0.1) is 0 Å². The van der Waals surface area contributed by atoms with Gasteiger partial charge in [-0.1, -0.05) is 0 Å². The molecular weight excluding hydrogens is 266 g/mol. The van der Waals surface area contributed by atoms with E-state index in [9.17, 15) is 0 Å². The molecule has 3 heterocycles. The number of hydrogen-bond acceptors (Lipinski definition) is 5. The third kappa shape index (κ3) is 3.11. The number of aromatic nitrogens is 4. The zero-order valence-corrected chi connectivity index (χ0v) is 12.5. The lowest BCUT2D eigenvalue weighted by atomic mass is 10.1. The molecule has 3 aromatic rings. The van der Waals surface area contributed by atoms with Gasteiger partial charge in [0.25, 0.3) is 0 Å². The van der Waals surface area contributed by atoms with E-state index in [-0.39, 0.29) is 5.54 Å². The molecule has 0 radical (unpaired) electrons. The molecule has 0 saturated carbocycles. The van der Waals surface area contributed by atoms with E-state index >= 15 is 0 Å². The largest absolute Gasteiger partial charge is 0.441 e. The van der Waals surface area contributed by atoms with Crippen molar-refractivity contribution >= 4 is 5.52 Å². The second-order valence-electron chi connectivity index (χ2n) is 6.01. The Labute approximate surface area is 123 Å². The van der Waals surface area contributed by atoms with Crippen molar-refractivity contribution in [2.24, 2.45) is 0 Å².